The number of amides is 1. The number of carbonyl (C=O) groups is 1. The minimum Gasteiger partial charge on any atom is -0.496 e. The van der Waals surface area contributed by atoms with E-state index in [1.165, 1.54) is 25.3 Å². The van der Waals surface area contributed by atoms with Crippen LogP contribution in [0.5, 0.6) is 5.75 Å². The van der Waals surface area contributed by atoms with Gasteiger partial charge in [0.05, 0.1) is 17.7 Å². The lowest BCUT2D eigenvalue weighted by Gasteiger charge is -2.12. The summed E-state index contributed by atoms with van der Waals surface area (Å²) in [6.07, 6.45) is 0. The second kappa shape index (κ2) is 7.72. The van der Waals surface area contributed by atoms with Crippen molar-refractivity contribution in [2.75, 3.05) is 12.4 Å². The first-order chi connectivity index (χ1) is 10.9. The van der Waals surface area contributed by atoms with E-state index in [-0.39, 0.29) is 10.1 Å². The van der Waals surface area contributed by atoms with E-state index in [1.54, 1.807) is 18.2 Å². The van der Waals surface area contributed by atoms with Crippen LogP contribution >= 0.6 is 39.7 Å². The van der Waals surface area contributed by atoms with Gasteiger partial charge in [-0.05, 0) is 48.6 Å². The summed E-state index contributed by atoms with van der Waals surface area (Å²) in [5.74, 6) is -0.557. The smallest absolute Gasteiger partial charge is 0.261 e. The fourth-order valence-corrected chi connectivity index (χ4v) is 2.52. The average molecular weight is 418 g/mol. The van der Waals surface area contributed by atoms with E-state index in [9.17, 15) is 9.18 Å². The van der Waals surface area contributed by atoms with Crippen molar-refractivity contribution >= 4 is 56.5 Å². The van der Waals surface area contributed by atoms with Gasteiger partial charge in [0.15, 0.2) is 5.11 Å². The Morgan fingerprint density at radius 1 is 1.30 bits per heavy atom. The molecule has 120 valence electrons. The normalized spacial score (nSPS) is 10.1. The summed E-state index contributed by atoms with van der Waals surface area (Å²) in [6, 6.07) is 9.06. The molecule has 23 heavy (non-hydrogen) atoms. The van der Waals surface area contributed by atoms with Crippen LogP contribution in [0.25, 0.3) is 0 Å². The zero-order valence-electron chi connectivity index (χ0n) is 11.8. The zero-order chi connectivity index (χ0) is 17.0. The summed E-state index contributed by atoms with van der Waals surface area (Å²) in [6.45, 7) is 0. The van der Waals surface area contributed by atoms with Crippen LogP contribution in [0.4, 0.5) is 10.1 Å². The van der Waals surface area contributed by atoms with Crippen LogP contribution < -0.4 is 15.4 Å². The highest BCUT2D eigenvalue weighted by Crippen LogP contribution is 2.23. The molecule has 0 atom stereocenters. The Labute approximate surface area is 151 Å². The van der Waals surface area contributed by atoms with Crippen molar-refractivity contribution in [3.8, 4) is 5.75 Å². The number of carbonyl (C=O) groups excluding carboxylic acids is 1. The number of nitrogens with one attached hydrogen (secondary N) is 2. The second-order valence-electron chi connectivity index (χ2n) is 4.38. The average Bonchev–Trinajstić information content (AvgIpc) is 2.50. The Hall–Kier alpha value is -1.70. The highest BCUT2D eigenvalue weighted by Gasteiger charge is 2.14. The van der Waals surface area contributed by atoms with Gasteiger partial charge in [-0.1, -0.05) is 27.5 Å². The summed E-state index contributed by atoms with van der Waals surface area (Å²) in [7, 11) is 1.47. The third-order valence-corrected chi connectivity index (χ3v) is 3.80. The number of benzene rings is 2. The number of halogens is 3. The number of thiocarbonyl (C=S) groups is 1. The molecule has 0 bridgehead atoms. The summed E-state index contributed by atoms with van der Waals surface area (Å²) in [4.78, 5) is 12.3. The summed E-state index contributed by atoms with van der Waals surface area (Å²) in [5.41, 5.74) is 0.783. The number of ether oxygens (including phenoxy) is 1. The third-order valence-electron chi connectivity index (χ3n) is 2.81. The molecule has 2 rings (SSSR count). The third kappa shape index (κ3) is 4.63. The van der Waals surface area contributed by atoms with Crippen molar-refractivity contribution < 1.29 is 13.9 Å². The highest BCUT2D eigenvalue weighted by atomic mass is 79.9. The van der Waals surface area contributed by atoms with Gasteiger partial charge in [-0.2, -0.15) is 0 Å². The predicted octanol–water partition coefficient (Wildman–Crippen LogP) is 4.38. The molecule has 0 saturated heterocycles. The minimum absolute atomic E-state index is 0.0437. The molecule has 0 saturated carbocycles. The Bertz CT molecular complexity index is 773. The van der Waals surface area contributed by atoms with E-state index in [0.717, 1.165) is 4.47 Å². The maximum Gasteiger partial charge on any atom is 0.261 e. The van der Waals surface area contributed by atoms with Crippen LogP contribution in [-0.4, -0.2) is 18.1 Å². The topological polar surface area (TPSA) is 50.4 Å². The standard InChI is InChI=1S/C15H11BrClFN2O2S/c1-22-13-5-2-8(16)6-10(13)14(21)20-15(23)19-9-3-4-12(18)11(17)7-9/h2-7H,1H3,(H2,19,20,21,23). The minimum atomic E-state index is -0.536. The van der Waals surface area contributed by atoms with Gasteiger partial charge in [0, 0.05) is 10.2 Å². The van der Waals surface area contributed by atoms with Gasteiger partial charge < -0.3 is 10.1 Å². The molecule has 0 heterocycles. The van der Waals surface area contributed by atoms with Gasteiger partial charge in [0.1, 0.15) is 11.6 Å². The van der Waals surface area contributed by atoms with Crippen LogP contribution in [0.2, 0.25) is 5.02 Å². The first kappa shape index (κ1) is 17.7. The molecular formula is C15H11BrClFN2O2S. The molecule has 0 fully saturated rings. The largest absolute Gasteiger partial charge is 0.496 e. The van der Waals surface area contributed by atoms with Crippen molar-refractivity contribution in [3.63, 3.8) is 0 Å². The fourth-order valence-electron chi connectivity index (χ4n) is 1.76. The highest BCUT2D eigenvalue weighted by molar-refractivity contribution is 9.10. The first-order valence-corrected chi connectivity index (χ1v) is 7.89. The van der Waals surface area contributed by atoms with Crippen molar-refractivity contribution in [2.24, 2.45) is 0 Å². The molecular weight excluding hydrogens is 407 g/mol. The van der Waals surface area contributed by atoms with E-state index in [0.29, 0.717) is 17.0 Å². The number of anilines is 1. The van der Waals surface area contributed by atoms with Crippen LogP contribution in [0.1, 0.15) is 10.4 Å². The fraction of sp³-hybridized carbons (Fsp3) is 0.0667. The van der Waals surface area contributed by atoms with E-state index in [4.69, 9.17) is 28.6 Å². The molecule has 8 heteroatoms. The molecule has 0 unspecified atom stereocenters. The SMILES string of the molecule is COc1ccc(Br)cc1C(=O)NC(=S)Nc1ccc(F)c(Cl)c1. The van der Waals surface area contributed by atoms with Gasteiger partial charge >= 0.3 is 0 Å². The van der Waals surface area contributed by atoms with Gasteiger partial charge in [-0.15, -0.1) is 0 Å². The molecule has 0 aliphatic rings. The Morgan fingerprint density at radius 2 is 2.04 bits per heavy atom. The first-order valence-electron chi connectivity index (χ1n) is 6.31. The molecule has 4 nitrogen and oxygen atoms in total. The monoisotopic (exact) mass is 416 g/mol. The molecule has 2 aromatic carbocycles. The lowest BCUT2D eigenvalue weighted by Crippen LogP contribution is -2.34. The van der Waals surface area contributed by atoms with Crippen molar-refractivity contribution in [2.45, 2.75) is 0 Å². The number of rotatable bonds is 3. The van der Waals surface area contributed by atoms with E-state index in [2.05, 4.69) is 26.6 Å². The molecule has 2 N–H and O–H groups in total. The van der Waals surface area contributed by atoms with Crippen LogP contribution in [0.3, 0.4) is 0 Å². The zero-order valence-corrected chi connectivity index (χ0v) is 15.0. The van der Waals surface area contributed by atoms with Gasteiger partial charge in [-0.25, -0.2) is 4.39 Å². The Kier molecular flexibility index (Phi) is 5.92. The lowest BCUT2D eigenvalue weighted by molar-refractivity contribution is 0.0974. The van der Waals surface area contributed by atoms with E-state index >= 15 is 0 Å². The molecule has 1 amide bonds. The van der Waals surface area contributed by atoms with Crippen molar-refractivity contribution in [1.29, 1.82) is 0 Å². The van der Waals surface area contributed by atoms with Gasteiger partial charge in [0.2, 0.25) is 0 Å². The van der Waals surface area contributed by atoms with Crippen molar-refractivity contribution in [1.82, 2.24) is 5.32 Å². The van der Waals surface area contributed by atoms with Crippen molar-refractivity contribution in [3.05, 3.63) is 57.3 Å². The molecule has 0 spiro atoms. The van der Waals surface area contributed by atoms with Crippen LogP contribution in [0, 0.1) is 5.82 Å². The van der Waals surface area contributed by atoms with Crippen LogP contribution in [0.15, 0.2) is 40.9 Å². The summed E-state index contributed by atoms with van der Waals surface area (Å²) < 4.78 is 19.0. The summed E-state index contributed by atoms with van der Waals surface area (Å²) >= 11 is 14.1. The molecule has 0 aliphatic heterocycles. The molecule has 0 radical (unpaired) electrons. The number of methoxy groups -OCH3 is 1. The Morgan fingerprint density at radius 3 is 2.70 bits per heavy atom. The quantitative estimate of drug-likeness (QED) is 0.728. The Balaban J connectivity index is 2.09. The van der Waals surface area contributed by atoms with Gasteiger partial charge in [-0.3, -0.25) is 10.1 Å². The maximum atomic E-state index is 13.1. The lowest BCUT2D eigenvalue weighted by atomic mass is 10.2. The molecule has 0 aliphatic carbocycles. The molecule has 2 aromatic rings. The van der Waals surface area contributed by atoms with Gasteiger partial charge in [0.25, 0.3) is 5.91 Å². The number of hydrogen-bond donors (Lipinski definition) is 2. The summed E-state index contributed by atoms with van der Waals surface area (Å²) in [5, 5.41) is 5.29. The van der Waals surface area contributed by atoms with E-state index < -0.39 is 11.7 Å². The predicted molar refractivity (Wildman–Crippen MR) is 95.8 cm³/mol. The second-order valence-corrected chi connectivity index (χ2v) is 6.11. The molecule has 0 aromatic heterocycles. The maximum absolute atomic E-state index is 13.1. The van der Waals surface area contributed by atoms with Crippen LogP contribution in [-0.2, 0) is 0 Å². The van der Waals surface area contributed by atoms with E-state index in [1.807, 2.05) is 0 Å². The number of hydrogen-bond acceptors (Lipinski definition) is 3.